The molecule has 0 radical (unpaired) electrons. The lowest BCUT2D eigenvalue weighted by Gasteiger charge is -2.07. The summed E-state index contributed by atoms with van der Waals surface area (Å²) in [4.78, 5) is 14.7. The number of azide groups is 1. The van der Waals surface area contributed by atoms with Crippen LogP contribution in [0.5, 0.6) is 5.75 Å². The summed E-state index contributed by atoms with van der Waals surface area (Å²) in [7, 11) is 0. The molecule has 0 heterocycles. The van der Waals surface area contributed by atoms with E-state index in [-0.39, 0.29) is 17.0 Å². The first-order chi connectivity index (χ1) is 11.4. The van der Waals surface area contributed by atoms with Gasteiger partial charge in [0.15, 0.2) is 0 Å². The highest BCUT2D eigenvalue weighted by molar-refractivity contribution is 6.12. The monoisotopic (exact) mass is 331 g/mol. The number of halogens is 3. The first kappa shape index (κ1) is 16.9. The number of nitrogens with zero attached hydrogens (tertiary/aromatic N) is 3. The first-order valence-corrected chi connectivity index (χ1v) is 6.45. The molecule has 0 saturated carbocycles. The predicted molar refractivity (Wildman–Crippen MR) is 79.6 cm³/mol. The number of rotatable bonds is 3. The maximum absolute atomic E-state index is 12.1. The number of ketones is 1. The van der Waals surface area contributed by atoms with Crippen molar-refractivity contribution in [2.24, 2.45) is 5.11 Å². The molecule has 0 aliphatic heterocycles. The van der Waals surface area contributed by atoms with E-state index in [0.29, 0.717) is 5.56 Å². The van der Waals surface area contributed by atoms with E-state index < -0.39 is 12.1 Å². The highest BCUT2D eigenvalue weighted by Gasteiger charge is 2.30. The minimum Gasteiger partial charge on any atom is -0.406 e. The average Bonchev–Trinajstić information content (AvgIpc) is 2.53. The maximum Gasteiger partial charge on any atom is 0.573 e. The molecule has 5 nitrogen and oxygen atoms in total. The number of ether oxygens (including phenoxy) is 1. The van der Waals surface area contributed by atoms with E-state index in [1.807, 2.05) is 0 Å². The first-order valence-electron chi connectivity index (χ1n) is 6.45. The molecule has 0 aliphatic carbocycles. The van der Waals surface area contributed by atoms with Crippen LogP contribution in [0.3, 0.4) is 0 Å². The van der Waals surface area contributed by atoms with Gasteiger partial charge in [-0.15, -0.1) is 13.2 Å². The van der Waals surface area contributed by atoms with Gasteiger partial charge in [0, 0.05) is 21.7 Å². The molecule has 0 spiro atoms. The second-order valence-corrected chi connectivity index (χ2v) is 4.36. The third-order valence-corrected chi connectivity index (χ3v) is 2.71. The van der Waals surface area contributed by atoms with Crippen molar-refractivity contribution in [2.75, 3.05) is 0 Å². The Morgan fingerprint density at radius 2 is 1.79 bits per heavy atom. The number of hydrogen-bond acceptors (Lipinski definition) is 3. The Morgan fingerprint density at radius 3 is 2.42 bits per heavy atom. The number of hydrogen-bond donors (Lipinski definition) is 0. The van der Waals surface area contributed by atoms with Gasteiger partial charge >= 0.3 is 6.36 Å². The van der Waals surface area contributed by atoms with E-state index in [9.17, 15) is 18.0 Å². The van der Waals surface area contributed by atoms with Gasteiger partial charge < -0.3 is 4.74 Å². The van der Waals surface area contributed by atoms with E-state index in [0.717, 1.165) is 12.1 Å². The molecule has 2 aromatic rings. The van der Waals surface area contributed by atoms with E-state index in [2.05, 4.69) is 26.6 Å². The van der Waals surface area contributed by atoms with Crippen LogP contribution in [0.15, 0.2) is 53.6 Å². The molecule has 0 bridgehead atoms. The second-order valence-electron chi connectivity index (χ2n) is 4.36. The van der Waals surface area contributed by atoms with Gasteiger partial charge in [-0.3, -0.25) is 4.79 Å². The molecule has 120 valence electrons. The molecule has 8 heteroatoms. The van der Waals surface area contributed by atoms with Gasteiger partial charge in [-0.2, -0.15) is 0 Å². The molecule has 24 heavy (non-hydrogen) atoms. The van der Waals surface area contributed by atoms with E-state index in [4.69, 9.17) is 5.53 Å². The normalized spacial score (nSPS) is 10.1. The minimum atomic E-state index is -4.77. The second kappa shape index (κ2) is 7.22. The smallest absolute Gasteiger partial charge is 0.406 e. The topological polar surface area (TPSA) is 75.1 Å². The number of Topliss-reactive ketones (excluding diaryl/α,β-unsaturated/α-hetero) is 1. The molecule has 0 unspecified atom stereocenters. The van der Waals surface area contributed by atoms with Crippen LogP contribution in [0, 0.1) is 11.8 Å². The molecular weight excluding hydrogens is 323 g/mol. The Hall–Kier alpha value is -3.43. The SMILES string of the molecule is [N-]=[N+]=Nc1ccccc1C(=O)C#Cc1ccc(OC(F)(F)F)cc1. The summed E-state index contributed by atoms with van der Waals surface area (Å²) < 4.78 is 39.9. The molecule has 0 N–H and O–H groups in total. The molecule has 0 aromatic heterocycles. The summed E-state index contributed by atoms with van der Waals surface area (Å²) >= 11 is 0. The lowest BCUT2D eigenvalue weighted by atomic mass is 10.1. The molecule has 0 atom stereocenters. The summed E-state index contributed by atoms with van der Waals surface area (Å²) in [6, 6.07) is 10.9. The standard InChI is InChI=1S/C16H8F3N3O2/c17-16(18,19)24-12-8-5-11(6-9-12)7-10-15(23)13-3-1-2-4-14(13)21-22-20/h1-6,8-9H. The zero-order valence-corrected chi connectivity index (χ0v) is 11.9. The van der Waals surface area contributed by atoms with Gasteiger partial charge in [-0.05, 0) is 41.8 Å². The summed E-state index contributed by atoms with van der Waals surface area (Å²) in [6.45, 7) is 0. The third kappa shape index (κ3) is 4.80. The van der Waals surface area contributed by atoms with Gasteiger partial charge in [0.2, 0.25) is 5.78 Å². The highest BCUT2D eigenvalue weighted by atomic mass is 19.4. The van der Waals surface area contributed by atoms with Crippen molar-refractivity contribution in [2.45, 2.75) is 6.36 Å². The van der Waals surface area contributed by atoms with Gasteiger partial charge in [0.05, 0.1) is 0 Å². The van der Waals surface area contributed by atoms with Crippen molar-refractivity contribution in [3.8, 4) is 17.6 Å². The fourth-order valence-corrected chi connectivity index (χ4v) is 1.74. The van der Waals surface area contributed by atoms with Crippen LogP contribution < -0.4 is 4.74 Å². The third-order valence-electron chi connectivity index (χ3n) is 2.71. The van der Waals surface area contributed by atoms with Crippen molar-refractivity contribution >= 4 is 11.5 Å². The lowest BCUT2D eigenvalue weighted by molar-refractivity contribution is -0.274. The van der Waals surface area contributed by atoms with Crippen LogP contribution in [0.4, 0.5) is 18.9 Å². The Labute approximate surface area is 134 Å². The molecule has 2 rings (SSSR count). The van der Waals surface area contributed by atoms with Crippen molar-refractivity contribution in [3.05, 3.63) is 70.1 Å². The number of alkyl halides is 3. The Bertz CT molecular complexity index is 859. The van der Waals surface area contributed by atoms with E-state index in [1.54, 1.807) is 12.1 Å². The zero-order valence-electron chi connectivity index (χ0n) is 11.9. The van der Waals surface area contributed by atoms with Crippen molar-refractivity contribution in [3.63, 3.8) is 0 Å². The lowest BCUT2D eigenvalue weighted by Crippen LogP contribution is -2.16. The number of carbonyl (C=O) groups excluding carboxylic acids is 1. The van der Waals surface area contributed by atoms with Crippen LogP contribution in [0.1, 0.15) is 15.9 Å². The summed E-state index contributed by atoms with van der Waals surface area (Å²) in [5, 5.41) is 3.40. The molecule has 0 saturated heterocycles. The van der Waals surface area contributed by atoms with E-state index >= 15 is 0 Å². The van der Waals surface area contributed by atoms with Crippen LogP contribution in [-0.4, -0.2) is 12.1 Å². The van der Waals surface area contributed by atoms with Crippen molar-refractivity contribution in [1.29, 1.82) is 0 Å². The largest absolute Gasteiger partial charge is 0.573 e. The quantitative estimate of drug-likeness (QED) is 0.267. The minimum absolute atomic E-state index is 0.139. The van der Waals surface area contributed by atoms with Crippen LogP contribution in [-0.2, 0) is 0 Å². The van der Waals surface area contributed by atoms with Gasteiger partial charge in [-0.1, -0.05) is 29.2 Å². The van der Waals surface area contributed by atoms with Gasteiger partial charge in [0.25, 0.3) is 0 Å². The van der Waals surface area contributed by atoms with Crippen molar-refractivity contribution in [1.82, 2.24) is 0 Å². The van der Waals surface area contributed by atoms with E-state index in [1.165, 1.54) is 24.3 Å². The molecular formula is C16H8F3N3O2. The fraction of sp³-hybridized carbons (Fsp3) is 0.0625. The Morgan fingerprint density at radius 1 is 1.12 bits per heavy atom. The summed E-state index contributed by atoms with van der Waals surface area (Å²) in [5.41, 5.74) is 9.08. The van der Waals surface area contributed by atoms with Gasteiger partial charge in [0.1, 0.15) is 5.75 Å². The number of carbonyl (C=O) groups is 1. The predicted octanol–water partition coefficient (Wildman–Crippen LogP) is 4.76. The number of benzene rings is 2. The molecule has 2 aromatic carbocycles. The highest BCUT2D eigenvalue weighted by Crippen LogP contribution is 2.22. The molecule has 0 aliphatic rings. The van der Waals surface area contributed by atoms with Crippen LogP contribution in [0.25, 0.3) is 10.4 Å². The molecule has 0 fully saturated rings. The summed E-state index contributed by atoms with van der Waals surface area (Å²) in [6.07, 6.45) is -4.77. The maximum atomic E-state index is 12.1. The van der Waals surface area contributed by atoms with Gasteiger partial charge in [-0.25, -0.2) is 0 Å². The Balaban J connectivity index is 2.18. The summed E-state index contributed by atoms with van der Waals surface area (Å²) in [5.74, 6) is 3.92. The molecule has 0 amide bonds. The van der Waals surface area contributed by atoms with Crippen LogP contribution in [0.2, 0.25) is 0 Å². The average molecular weight is 331 g/mol. The zero-order chi connectivity index (χ0) is 17.6. The van der Waals surface area contributed by atoms with Crippen LogP contribution >= 0.6 is 0 Å². The fourth-order valence-electron chi connectivity index (χ4n) is 1.74. The van der Waals surface area contributed by atoms with Crippen molar-refractivity contribution < 1.29 is 22.7 Å². The Kier molecular flexibility index (Phi) is 5.09.